The Hall–Kier alpha value is -1.20. The second-order valence-corrected chi connectivity index (χ2v) is 5.67. The number of nitrogens with one attached hydrogen (secondary N) is 1. The van der Waals surface area contributed by atoms with Crippen molar-refractivity contribution in [2.45, 2.75) is 12.8 Å². The molecule has 1 aromatic rings. The van der Waals surface area contributed by atoms with Crippen molar-refractivity contribution >= 4 is 18.3 Å². The third-order valence-electron chi connectivity index (χ3n) is 4.47. The van der Waals surface area contributed by atoms with Gasteiger partial charge >= 0.3 is 0 Å². The van der Waals surface area contributed by atoms with Crippen molar-refractivity contribution in [3.05, 3.63) is 35.4 Å². The maximum atomic E-state index is 13.7. The van der Waals surface area contributed by atoms with Crippen LogP contribution in [-0.4, -0.2) is 37.0 Å². The zero-order chi connectivity index (χ0) is 14.1. The van der Waals surface area contributed by atoms with Gasteiger partial charge in [-0.1, -0.05) is 0 Å². The van der Waals surface area contributed by atoms with Gasteiger partial charge < -0.3 is 10.2 Å². The van der Waals surface area contributed by atoms with Crippen molar-refractivity contribution in [3.8, 4) is 0 Å². The molecule has 2 aliphatic heterocycles. The molecule has 0 aliphatic carbocycles. The van der Waals surface area contributed by atoms with Crippen molar-refractivity contribution in [2.75, 3.05) is 26.2 Å². The molecule has 6 heteroatoms. The number of amides is 1. The Kier molecular flexibility index (Phi) is 5.17. The summed E-state index contributed by atoms with van der Waals surface area (Å²) in [4.78, 5) is 14.1. The lowest BCUT2D eigenvalue weighted by Crippen LogP contribution is -2.33. The number of nitrogens with zero attached hydrogens (tertiary/aromatic N) is 1. The minimum Gasteiger partial charge on any atom is -0.339 e. The lowest BCUT2D eigenvalue weighted by Gasteiger charge is -2.21. The Morgan fingerprint density at radius 1 is 1.14 bits per heavy atom. The van der Waals surface area contributed by atoms with Crippen molar-refractivity contribution in [2.24, 2.45) is 11.8 Å². The van der Waals surface area contributed by atoms with Crippen LogP contribution in [0.2, 0.25) is 0 Å². The number of fused-ring (bicyclic) bond motifs is 1. The lowest BCUT2D eigenvalue weighted by atomic mass is 9.92. The second-order valence-electron chi connectivity index (χ2n) is 5.67. The van der Waals surface area contributed by atoms with E-state index in [1.54, 1.807) is 4.90 Å². The molecule has 0 spiro atoms. The zero-order valence-electron chi connectivity index (χ0n) is 11.6. The Balaban J connectivity index is 0.00000161. The highest BCUT2D eigenvalue weighted by Gasteiger charge is 2.32. The number of carbonyl (C=O) groups excluding carboxylic acids is 1. The molecule has 3 rings (SSSR count). The van der Waals surface area contributed by atoms with Gasteiger partial charge in [0.25, 0.3) is 5.91 Å². The molecule has 0 unspecified atom stereocenters. The smallest absolute Gasteiger partial charge is 0.256 e. The van der Waals surface area contributed by atoms with E-state index in [0.29, 0.717) is 24.9 Å². The number of hydrogen-bond donors (Lipinski definition) is 1. The first kappa shape index (κ1) is 16.2. The molecule has 2 fully saturated rings. The van der Waals surface area contributed by atoms with Gasteiger partial charge in [0.2, 0.25) is 0 Å². The van der Waals surface area contributed by atoms with Gasteiger partial charge in [0, 0.05) is 19.2 Å². The van der Waals surface area contributed by atoms with E-state index in [-0.39, 0.29) is 23.9 Å². The van der Waals surface area contributed by atoms with Gasteiger partial charge in [-0.05, 0) is 49.9 Å². The summed E-state index contributed by atoms with van der Waals surface area (Å²) in [6, 6.07) is 3.14. The van der Waals surface area contributed by atoms with Crippen molar-refractivity contribution < 1.29 is 13.6 Å². The highest BCUT2D eigenvalue weighted by molar-refractivity contribution is 5.94. The molecule has 0 bridgehead atoms. The molecule has 2 aliphatic rings. The Bertz CT molecular complexity index is 512. The third kappa shape index (κ3) is 3.35. The maximum absolute atomic E-state index is 13.7. The number of likely N-dealkylation sites (tertiary alicyclic amines) is 1. The Morgan fingerprint density at radius 3 is 2.33 bits per heavy atom. The van der Waals surface area contributed by atoms with Crippen LogP contribution in [0.5, 0.6) is 0 Å². The SMILES string of the molecule is Cl.O=C(c1ccc(F)cc1F)N1CC[C@@H]2CNC[C@@H]2CC1. The van der Waals surface area contributed by atoms with Crippen LogP contribution in [0, 0.1) is 23.5 Å². The predicted octanol–water partition coefficient (Wildman–Crippen LogP) is 2.46. The molecule has 2 heterocycles. The van der Waals surface area contributed by atoms with Crippen LogP contribution in [-0.2, 0) is 0 Å². The van der Waals surface area contributed by atoms with Crippen LogP contribution in [0.4, 0.5) is 8.78 Å². The Labute approximate surface area is 129 Å². The average Bonchev–Trinajstić information content (AvgIpc) is 2.77. The molecule has 1 N–H and O–H groups in total. The average molecular weight is 317 g/mol. The van der Waals surface area contributed by atoms with Gasteiger partial charge in [-0.15, -0.1) is 12.4 Å². The molecule has 21 heavy (non-hydrogen) atoms. The van der Waals surface area contributed by atoms with E-state index in [1.807, 2.05) is 0 Å². The first-order valence-corrected chi connectivity index (χ1v) is 7.10. The Morgan fingerprint density at radius 2 is 1.76 bits per heavy atom. The highest BCUT2D eigenvalue weighted by atomic mass is 35.5. The van der Waals surface area contributed by atoms with Gasteiger partial charge in [-0.2, -0.15) is 0 Å². The predicted molar refractivity (Wildman–Crippen MR) is 78.6 cm³/mol. The number of hydrogen-bond acceptors (Lipinski definition) is 2. The zero-order valence-corrected chi connectivity index (χ0v) is 12.5. The fourth-order valence-electron chi connectivity index (χ4n) is 3.25. The van der Waals surface area contributed by atoms with Crippen LogP contribution in [0.3, 0.4) is 0 Å². The molecule has 116 valence electrons. The summed E-state index contributed by atoms with van der Waals surface area (Å²) in [6.45, 7) is 3.33. The summed E-state index contributed by atoms with van der Waals surface area (Å²) >= 11 is 0. The first-order chi connectivity index (χ1) is 9.65. The fourth-order valence-corrected chi connectivity index (χ4v) is 3.25. The van der Waals surface area contributed by atoms with E-state index in [4.69, 9.17) is 0 Å². The number of rotatable bonds is 1. The van der Waals surface area contributed by atoms with E-state index < -0.39 is 11.6 Å². The molecule has 1 amide bonds. The van der Waals surface area contributed by atoms with Gasteiger partial charge in [0.15, 0.2) is 0 Å². The van der Waals surface area contributed by atoms with Crippen molar-refractivity contribution in [1.82, 2.24) is 10.2 Å². The normalized spacial score (nSPS) is 25.0. The molecule has 0 saturated carbocycles. The summed E-state index contributed by atoms with van der Waals surface area (Å²) in [6.07, 6.45) is 1.90. The third-order valence-corrected chi connectivity index (χ3v) is 4.47. The minimum atomic E-state index is -0.777. The van der Waals surface area contributed by atoms with Gasteiger partial charge in [-0.25, -0.2) is 8.78 Å². The lowest BCUT2D eigenvalue weighted by molar-refractivity contribution is 0.0753. The highest BCUT2D eigenvalue weighted by Crippen LogP contribution is 2.27. The molecular formula is C15H19ClF2N2O. The summed E-state index contributed by atoms with van der Waals surface area (Å²) in [5.74, 6) is -0.524. The van der Waals surface area contributed by atoms with Crippen molar-refractivity contribution in [1.29, 1.82) is 0 Å². The second kappa shape index (κ2) is 6.71. The quantitative estimate of drug-likeness (QED) is 0.863. The van der Waals surface area contributed by atoms with E-state index in [0.717, 1.165) is 38.1 Å². The maximum Gasteiger partial charge on any atom is 0.256 e. The topological polar surface area (TPSA) is 32.3 Å². The molecule has 0 aromatic heterocycles. The summed E-state index contributed by atoms with van der Waals surface area (Å²) in [7, 11) is 0. The van der Waals surface area contributed by atoms with Gasteiger partial charge in [-0.3, -0.25) is 4.79 Å². The minimum absolute atomic E-state index is 0. The molecule has 0 radical (unpaired) electrons. The van der Waals surface area contributed by atoms with Gasteiger partial charge in [0.05, 0.1) is 5.56 Å². The molecule has 2 saturated heterocycles. The molecule has 1 aromatic carbocycles. The largest absolute Gasteiger partial charge is 0.339 e. The van der Waals surface area contributed by atoms with Crippen LogP contribution < -0.4 is 5.32 Å². The molecule has 2 atom stereocenters. The van der Waals surface area contributed by atoms with Crippen LogP contribution >= 0.6 is 12.4 Å². The van der Waals surface area contributed by atoms with E-state index >= 15 is 0 Å². The van der Waals surface area contributed by atoms with E-state index in [1.165, 1.54) is 6.07 Å². The fraction of sp³-hybridized carbons (Fsp3) is 0.533. The standard InChI is InChI=1S/C15H18F2N2O.ClH/c16-12-1-2-13(14(17)7-12)15(20)19-5-3-10-8-18-9-11(10)4-6-19;/h1-2,7,10-11,18H,3-6,8-9H2;1H/t10-,11+;. The first-order valence-electron chi connectivity index (χ1n) is 7.10. The van der Waals surface area contributed by atoms with Crippen molar-refractivity contribution in [3.63, 3.8) is 0 Å². The number of halogens is 3. The summed E-state index contributed by atoms with van der Waals surface area (Å²) in [5, 5.41) is 3.38. The van der Waals surface area contributed by atoms with E-state index in [9.17, 15) is 13.6 Å². The van der Waals surface area contributed by atoms with Crippen LogP contribution in [0.15, 0.2) is 18.2 Å². The molecular weight excluding hydrogens is 298 g/mol. The monoisotopic (exact) mass is 316 g/mol. The van der Waals surface area contributed by atoms with E-state index in [2.05, 4.69) is 5.32 Å². The number of benzene rings is 1. The summed E-state index contributed by atoms with van der Waals surface area (Å²) in [5.41, 5.74) is -0.0309. The number of carbonyl (C=O) groups is 1. The van der Waals surface area contributed by atoms with Gasteiger partial charge in [0.1, 0.15) is 11.6 Å². The van der Waals surface area contributed by atoms with Crippen LogP contribution in [0.1, 0.15) is 23.2 Å². The summed E-state index contributed by atoms with van der Waals surface area (Å²) < 4.78 is 26.6. The van der Waals surface area contributed by atoms with Crippen LogP contribution in [0.25, 0.3) is 0 Å². The molecule has 3 nitrogen and oxygen atoms in total.